The van der Waals surface area contributed by atoms with E-state index in [0.29, 0.717) is 18.4 Å². The maximum atomic E-state index is 12.2. The number of fused-ring (bicyclic) bond motifs is 1. The zero-order valence-corrected chi connectivity index (χ0v) is 13.2. The molecule has 23 heavy (non-hydrogen) atoms. The molecule has 1 aromatic rings. The van der Waals surface area contributed by atoms with E-state index in [0.717, 1.165) is 31.6 Å². The first kappa shape index (κ1) is 15.6. The average molecular weight is 313 g/mol. The Balaban J connectivity index is 1.37. The van der Waals surface area contributed by atoms with Crippen LogP contribution in [0.5, 0.6) is 0 Å². The van der Waals surface area contributed by atoms with E-state index in [1.807, 2.05) is 35.2 Å². The molecule has 0 bridgehead atoms. The van der Waals surface area contributed by atoms with Crippen LogP contribution in [0.15, 0.2) is 42.5 Å². The van der Waals surface area contributed by atoms with Crippen LogP contribution in [0.3, 0.4) is 0 Å². The number of anilines is 1. The molecule has 5 heteroatoms. The van der Waals surface area contributed by atoms with Crippen molar-refractivity contribution in [1.82, 2.24) is 10.2 Å². The Morgan fingerprint density at radius 1 is 1.04 bits per heavy atom. The summed E-state index contributed by atoms with van der Waals surface area (Å²) in [6.07, 6.45) is 6.87. The minimum Gasteiger partial charge on any atom is -0.337 e. The number of amides is 3. The monoisotopic (exact) mass is 313 g/mol. The second-order valence-electron chi connectivity index (χ2n) is 6.26. The summed E-state index contributed by atoms with van der Waals surface area (Å²) in [6, 6.07) is 9.29. The van der Waals surface area contributed by atoms with Crippen molar-refractivity contribution < 1.29 is 9.59 Å². The lowest BCUT2D eigenvalue weighted by atomic mass is 9.86. The number of rotatable bonds is 4. The van der Waals surface area contributed by atoms with E-state index >= 15 is 0 Å². The summed E-state index contributed by atoms with van der Waals surface area (Å²) in [5.41, 5.74) is 0.778. The van der Waals surface area contributed by atoms with Crippen LogP contribution in [-0.2, 0) is 4.79 Å². The van der Waals surface area contributed by atoms with Crippen molar-refractivity contribution in [3.8, 4) is 0 Å². The number of urea groups is 1. The number of carbonyl (C=O) groups excluding carboxylic acids is 2. The molecule has 0 unspecified atom stereocenters. The van der Waals surface area contributed by atoms with Gasteiger partial charge in [-0.3, -0.25) is 4.79 Å². The predicted octanol–water partition coefficient (Wildman–Crippen LogP) is 2.62. The second-order valence-corrected chi connectivity index (χ2v) is 6.26. The van der Waals surface area contributed by atoms with Gasteiger partial charge in [-0.05, 0) is 36.8 Å². The van der Waals surface area contributed by atoms with Crippen molar-refractivity contribution in [1.29, 1.82) is 0 Å². The van der Waals surface area contributed by atoms with Crippen molar-refractivity contribution in [2.45, 2.75) is 19.3 Å². The number of nitrogens with one attached hydrogen (secondary N) is 2. The Bertz CT molecular complexity index is 569. The molecule has 2 N–H and O–H groups in total. The molecule has 3 rings (SSSR count). The van der Waals surface area contributed by atoms with Crippen LogP contribution >= 0.6 is 0 Å². The summed E-state index contributed by atoms with van der Waals surface area (Å²) in [5.74, 6) is 1.12. The normalized spacial score (nSPS) is 22.5. The Morgan fingerprint density at radius 2 is 1.70 bits per heavy atom. The lowest BCUT2D eigenvalue weighted by Crippen LogP contribution is -2.39. The van der Waals surface area contributed by atoms with Gasteiger partial charge < -0.3 is 15.5 Å². The fourth-order valence-electron chi connectivity index (χ4n) is 3.32. The number of hydrogen-bond acceptors (Lipinski definition) is 2. The smallest absolute Gasteiger partial charge is 0.317 e. The van der Waals surface area contributed by atoms with Crippen LogP contribution < -0.4 is 10.6 Å². The van der Waals surface area contributed by atoms with E-state index in [1.165, 1.54) is 0 Å². The van der Waals surface area contributed by atoms with Crippen molar-refractivity contribution in [3.63, 3.8) is 0 Å². The van der Waals surface area contributed by atoms with Gasteiger partial charge >= 0.3 is 6.03 Å². The summed E-state index contributed by atoms with van der Waals surface area (Å²) in [7, 11) is 0. The van der Waals surface area contributed by atoms with Gasteiger partial charge in [-0.25, -0.2) is 4.79 Å². The highest BCUT2D eigenvalue weighted by Crippen LogP contribution is 2.32. The third-order valence-electron chi connectivity index (χ3n) is 4.59. The van der Waals surface area contributed by atoms with Crippen LogP contribution in [-0.4, -0.2) is 36.5 Å². The number of nitrogens with zero attached hydrogens (tertiary/aromatic N) is 1. The fraction of sp³-hybridized carbons (Fsp3) is 0.444. The Morgan fingerprint density at radius 3 is 2.35 bits per heavy atom. The van der Waals surface area contributed by atoms with Crippen molar-refractivity contribution in [2.24, 2.45) is 11.8 Å². The number of hydrogen-bond donors (Lipinski definition) is 2. The molecule has 0 saturated carbocycles. The quantitative estimate of drug-likeness (QED) is 0.839. The van der Waals surface area contributed by atoms with Crippen molar-refractivity contribution in [2.75, 3.05) is 25.0 Å². The molecule has 2 atom stereocenters. The minimum atomic E-state index is -0.0872. The number of allylic oxidation sites excluding steroid dienone is 2. The van der Waals surface area contributed by atoms with Crippen LogP contribution in [0.25, 0.3) is 0 Å². The standard InChI is InChI=1S/C18H23N3O2/c22-17(20-16-8-2-1-3-9-16)10-11-19-18(23)21-12-14-6-4-5-7-15(14)13-21/h1-5,8-9,14-15H,6-7,10-13H2,(H,19,23)(H,20,22)/t14-,15+. The van der Waals surface area contributed by atoms with Gasteiger partial charge in [0.15, 0.2) is 0 Å². The average Bonchev–Trinajstić information content (AvgIpc) is 3.00. The van der Waals surface area contributed by atoms with Gasteiger partial charge in [-0.1, -0.05) is 30.4 Å². The molecule has 1 fully saturated rings. The van der Waals surface area contributed by atoms with Gasteiger partial charge in [-0.15, -0.1) is 0 Å². The van der Waals surface area contributed by atoms with Gasteiger partial charge in [0.05, 0.1) is 0 Å². The Labute approximate surface area is 136 Å². The molecule has 2 aliphatic rings. The molecule has 1 saturated heterocycles. The predicted molar refractivity (Wildman–Crippen MR) is 90.0 cm³/mol. The molecule has 0 radical (unpaired) electrons. The number of carbonyl (C=O) groups is 2. The number of para-hydroxylation sites is 1. The largest absolute Gasteiger partial charge is 0.337 e. The third-order valence-corrected chi connectivity index (χ3v) is 4.59. The van der Waals surface area contributed by atoms with Gasteiger partial charge in [0, 0.05) is 31.7 Å². The van der Waals surface area contributed by atoms with Gasteiger partial charge in [0.1, 0.15) is 0 Å². The maximum Gasteiger partial charge on any atom is 0.317 e. The molecule has 1 aromatic carbocycles. The van der Waals surface area contributed by atoms with Gasteiger partial charge in [0.2, 0.25) is 5.91 Å². The van der Waals surface area contributed by atoms with E-state index in [-0.39, 0.29) is 18.4 Å². The number of benzene rings is 1. The summed E-state index contributed by atoms with van der Waals surface area (Å²) in [4.78, 5) is 25.9. The van der Waals surface area contributed by atoms with E-state index in [9.17, 15) is 9.59 Å². The second kappa shape index (κ2) is 7.31. The summed E-state index contributed by atoms with van der Waals surface area (Å²) >= 11 is 0. The van der Waals surface area contributed by atoms with Crippen LogP contribution in [0.1, 0.15) is 19.3 Å². The first-order chi connectivity index (χ1) is 11.2. The Hall–Kier alpha value is -2.30. The molecule has 1 heterocycles. The van der Waals surface area contributed by atoms with E-state index in [4.69, 9.17) is 0 Å². The molecule has 1 aliphatic carbocycles. The lowest BCUT2D eigenvalue weighted by molar-refractivity contribution is -0.116. The molecular weight excluding hydrogens is 290 g/mol. The fourth-order valence-corrected chi connectivity index (χ4v) is 3.32. The van der Waals surface area contributed by atoms with E-state index in [2.05, 4.69) is 22.8 Å². The van der Waals surface area contributed by atoms with E-state index < -0.39 is 0 Å². The zero-order valence-electron chi connectivity index (χ0n) is 13.2. The third kappa shape index (κ3) is 4.12. The highest BCUT2D eigenvalue weighted by molar-refractivity contribution is 5.91. The number of likely N-dealkylation sites (tertiary alicyclic amines) is 1. The maximum absolute atomic E-state index is 12.2. The molecule has 1 aliphatic heterocycles. The summed E-state index contributed by atoms with van der Waals surface area (Å²) in [5, 5.41) is 5.67. The highest BCUT2D eigenvalue weighted by Gasteiger charge is 2.34. The van der Waals surface area contributed by atoms with Crippen LogP contribution in [0.4, 0.5) is 10.5 Å². The summed E-state index contributed by atoms with van der Waals surface area (Å²) < 4.78 is 0. The summed E-state index contributed by atoms with van der Waals surface area (Å²) in [6.45, 7) is 2.02. The van der Waals surface area contributed by atoms with Crippen LogP contribution in [0.2, 0.25) is 0 Å². The molecule has 3 amide bonds. The molecule has 0 aromatic heterocycles. The zero-order chi connectivity index (χ0) is 16.1. The first-order valence-electron chi connectivity index (χ1n) is 8.25. The van der Waals surface area contributed by atoms with Gasteiger partial charge in [0.25, 0.3) is 0 Å². The SMILES string of the molecule is O=C(CCNC(=O)N1C[C@H]2CC=CC[C@H]2C1)Nc1ccccc1. The van der Waals surface area contributed by atoms with Crippen molar-refractivity contribution >= 4 is 17.6 Å². The lowest BCUT2D eigenvalue weighted by Gasteiger charge is -2.17. The van der Waals surface area contributed by atoms with Crippen LogP contribution in [0, 0.1) is 11.8 Å². The molecular formula is C18H23N3O2. The highest BCUT2D eigenvalue weighted by atomic mass is 16.2. The topological polar surface area (TPSA) is 61.4 Å². The molecule has 5 nitrogen and oxygen atoms in total. The van der Waals surface area contributed by atoms with Crippen molar-refractivity contribution in [3.05, 3.63) is 42.5 Å². The molecule has 0 spiro atoms. The van der Waals surface area contributed by atoms with Gasteiger partial charge in [-0.2, -0.15) is 0 Å². The minimum absolute atomic E-state index is 0.0492. The first-order valence-corrected chi connectivity index (χ1v) is 8.25. The van der Waals surface area contributed by atoms with E-state index in [1.54, 1.807) is 0 Å². The molecule has 122 valence electrons. The Kier molecular flexibility index (Phi) is 4.95.